The van der Waals surface area contributed by atoms with E-state index in [9.17, 15) is 14.0 Å². The van der Waals surface area contributed by atoms with Crippen LogP contribution in [0.3, 0.4) is 0 Å². The van der Waals surface area contributed by atoms with Gasteiger partial charge in [-0.05, 0) is 12.8 Å². The Hall–Kier alpha value is -0.970. The fourth-order valence-electron chi connectivity index (χ4n) is 1.96. The number of ether oxygens (including phenoxy) is 2. The van der Waals surface area contributed by atoms with E-state index in [0.717, 1.165) is 0 Å². The quantitative estimate of drug-likeness (QED) is 0.577. The van der Waals surface area contributed by atoms with Crippen LogP contribution in [0.1, 0.15) is 19.8 Å². The van der Waals surface area contributed by atoms with Gasteiger partial charge in [-0.3, -0.25) is 9.59 Å². The summed E-state index contributed by atoms with van der Waals surface area (Å²) in [7, 11) is 0. The van der Waals surface area contributed by atoms with Gasteiger partial charge in [0, 0.05) is 6.92 Å². The molecule has 5 heteroatoms. The first-order chi connectivity index (χ1) is 6.59. The van der Waals surface area contributed by atoms with Gasteiger partial charge in [-0.1, -0.05) is 0 Å². The number of alkyl halides is 1. The SMILES string of the molecule is CC(=O)O[C@@H]1C(=O)[C@@H](F)[C@@H]2CC[C@H]1O2. The van der Waals surface area contributed by atoms with Crippen molar-refractivity contribution in [2.45, 2.75) is 44.2 Å². The highest BCUT2D eigenvalue weighted by molar-refractivity contribution is 5.91. The molecule has 2 bridgehead atoms. The monoisotopic (exact) mass is 202 g/mol. The van der Waals surface area contributed by atoms with Crippen molar-refractivity contribution in [1.29, 1.82) is 0 Å². The van der Waals surface area contributed by atoms with Crippen molar-refractivity contribution >= 4 is 11.8 Å². The lowest BCUT2D eigenvalue weighted by Gasteiger charge is -2.29. The molecular formula is C9H11FO4. The molecule has 2 aliphatic heterocycles. The average molecular weight is 202 g/mol. The number of ketones is 1. The second kappa shape index (κ2) is 3.31. The van der Waals surface area contributed by atoms with Crippen LogP contribution in [-0.4, -0.2) is 36.2 Å². The van der Waals surface area contributed by atoms with Crippen LogP contribution >= 0.6 is 0 Å². The molecule has 4 atom stereocenters. The summed E-state index contributed by atoms with van der Waals surface area (Å²) in [6, 6.07) is 0. The molecule has 0 radical (unpaired) electrons. The highest BCUT2D eigenvalue weighted by Crippen LogP contribution is 2.33. The first-order valence-electron chi connectivity index (χ1n) is 4.60. The van der Waals surface area contributed by atoms with E-state index in [4.69, 9.17) is 9.47 Å². The summed E-state index contributed by atoms with van der Waals surface area (Å²) in [6.45, 7) is 1.20. The number of fused-ring (bicyclic) bond motifs is 2. The molecule has 0 aliphatic carbocycles. The number of hydrogen-bond donors (Lipinski definition) is 0. The summed E-state index contributed by atoms with van der Waals surface area (Å²) in [5, 5.41) is 0. The van der Waals surface area contributed by atoms with Crippen LogP contribution in [0.15, 0.2) is 0 Å². The topological polar surface area (TPSA) is 52.6 Å². The highest BCUT2D eigenvalue weighted by atomic mass is 19.1. The van der Waals surface area contributed by atoms with Crippen LogP contribution in [0.5, 0.6) is 0 Å². The van der Waals surface area contributed by atoms with Gasteiger partial charge in [0.15, 0.2) is 12.3 Å². The van der Waals surface area contributed by atoms with Gasteiger partial charge in [0.2, 0.25) is 5.78 Å². The van der Waals surface area contributed by atoms with Crippen molar-refractivity contribution in [2.24, 2.45) is 0 Å². The average Bonchev–Trinajstić information content (AvgIpc) is 2.55. The predicted octanol–water partition coefficient (Wildman–Crippen LogP) is 0.386. The number of esters is 1. The Morgan fingerprint density at radius 2 is 2.14 bits per heavy atom. The molecule has 0 aromatic heterocycles. The summed E-state index contributed by atoms with van der Waals surface area (Å²) in [5.41, 5.74) is 0. The second-order valence-electron chi connectivity index (χ2n) is 3.62. The zero-order chi connectivity index (χ0) is 10.3. The van der Waals surface area contributed by atoms with Crippen LogP contribution in [0.2, 0.25) is 0 Å². The molecule has 0 saturated carbocycles. The van der Waals surface area contributed by atoms with Crippen LogP contribution in [0.4, 0.5) is 4.39 Å². The molecule has 0 amide bonds. The Morgan fingerprint density at radius 1 is 1.50 bits per heavy atom. The lowest BCUT2D eigenvalue weighted by molar-refractivity contribution is -0.176. The molecule has 2 aliphatic rings. The summed E-state index contributed by atoms with van der Waals surface area (Å²) < 4.78 is 23.3. The first kappa shape index (κ1) is 9.58. The Bertz CT molecular complexity index is 278. The molecule has 0 aromatic carbocycles. The van der Waals surface area contributed by atoms with Gasteiger partial charge < -0.3 is 9.47 Å². The predicted molar refractivity (Wildman–Crippen MR) is 43.4 cm³/mol. The third-order valence-corrected chi connectivity index (χ3v) is 2.59. The molecule has 14 heavy (non-hydrogen) atoms. The first-order valence-corrected chi connectivity index (χ1v) is 4.60. The number of Topliss-reactive ketones (excluding diaryl/α,β-unsaturated/α-hetero) is 1. The maximum Gasteiger partial charge on any atom is 0.303 e. The van der Waals surface area contributed by atoms with Crippen molar-refractivity contribution in [2.75, 3.05) is 0 Å². The zero-order valence-corrected chi connectivity index (χ0v) is 7.73. The van der Waals surface area contributed by atoms with Crippen LogP contribution in [-0.2, 0) is 19.1 Å². The van der Waals surface area contributed by atoms with Gasteiger partial charge in [0.1, 0.15) is 6.10 Å². The standard InChI is InChI=1S/C9H11FO4/c1-4(11)13-9-6-3-2-5(14-6)7(10)8(9)12/h5-7,9H,2-3H2,1H3/t5-,6+,7-,9-/m0/s1. The second-order valence-corrected chi connectivity index (χ2v) is 3.62. The smallest absolute Gasteiger partial charge is 0.303 e. The van der Waals surface area contributed by atoms with E-state index >= 15 is 0 Å². The van der Waals surface area contributed by atoms with Gasteiger partial charge in [0.25, 0.3) is 0 Å². The number of rotatable bonds is 1. The van der Waals surface area contributed by atoms with Crippen molar-refractivity contribution in [3.63, 3.8) is 0 Å². The summed E-state index contributed by atoms with van der Waals surface area (Å²) in [4.78, 5) is 22.1. The molecule has 2 fully saturated rings. The van der Waals surface area contributed by atoms with E-state index in [-0.39, 0.29) is 0 Å². The van der Waals surface area contributed by atoms with E-state index in [1.807, 2.05) is 0 Å². The number of carbonyl (C=O) groups is 2. The fourth-order valence-corrected chi connectivity index (χ4v) is 1.96. The third kappa shape index (κ3) is 1.41. The van der Waals surface area contributed by atoms with E-state index < -0.39 is 36.2 Å². The number of hydrogen-bond acceptors (Lipinski definition) is 4. The molecule has 0 N–H and O–H groups in total. The molecule has 2 saturated heterocycles. The molecular weight excluding hydrogens is 191 g/mol. The Kier molecular flexibility index (Phi) is 2.26. The van der Waals surface area contributed by atoms with E-state index in [1.165, 1.54) is 6.92 Å². The highest BCUT2D eigenvalue weighted by Gasteiger charge is 2.50. The Labute approximate surface area is 80.4 Å². The fraction of sp³-hybridized carbons (Fsp3) is 0.778. The van der Waals surface area contributed by atoms with Crippen molar-refractivity contribution < 1.29 is 23.5 Å². The summed E-state index contributed by atoms with van der Waals surface area (Å²) in [6.07, 6.45) is -2.65. The van der Waals surface area contributed by atoms with Gasteiger partial charge in [-0.25, -0.2) is 4.39 Å². The molecule has 0 aromatic rings. The Balaban J connectivity index is 2.14. The summed E-state index contributed by atoms with van der Waals surface area (Å²) in [5.74, 6) is -1.23. The zero-order valence-electron chi connectivity index (χ0n) is 7.73. The molecule has 4 nitrogen and oxygen atoms in total. The van der Waals surface area contributed by atoms with Crippen molar-refractivity contribution in [1.82, 2.24) is 0 Å². The lowest BCUT2D eigenvalue weighted by atomic mass is 10.0. The minimum absolute atomic E-state index is 0.441. The maximum absolute atomic E-state index is 13.3. The van der Waals surface area contributed by atoms with Gasteiger partial charge in [0.05, 0.1) is 6.10 Å². The lowest BCUT2D eigenvalue weighted by Crippen LogP contribution is -2.50. The largest absolute Gasteiger partial charge is 0.452 e. The summed E-state index contributed by atoms with van der Waals surface area (Å²) >= 11 is 0. The van der Waals surface area contributed by atoms with Crippen LogP contribution in [0.25, 0.3) is 0 Å². The minimum atomic E-state index is -1.64. The van der Waals surface area contributed by atoms with E-state index in [0.29, 0.717) is 12.8 Å². The number of carbonyl (C=O) groups excluding carboxylic acids is 2. The van der Waals surface area contributed by atoms with Gasteiger partial charge >= 0.3 is 5.97 Å². The van der Waals surface area contributed by atoms with Crippen molar-refractivity contribution in [3.05, 3.63) is 0 Å². The molecule has 0 unspecified atom stereocenters. The van der Waals surface area contributed by atoms with Crippen molar-refractivity contribution in [3.8, 4) is 0 Å². The van der Waals surface area contributed by atoms with Crippen LogP contribution in [0, 0.1) is 0 Å². The van der Waals surface area contributed by atoms with E-state index in [1.54, 1.807) is 0 Å². The minimum Gasteiger partial charge on any atom is -0.452 e. The molecule has 2 rings (SSSR count). The molecule has 2 heterocycles. The Morgan fingerprint density at radius 3 is 2.79 bits per heavy atom. The third-order valence-electron chi connectivity index (χ3n) is 2.59. The van der Waals surface area contributed by atoms with Gasteiger partial charge in [-0.2, -0.15) is 0 Å². The van der Waals surface area contributed by atoms with E-state index in [2.05, 4.69) is 0 Å². The molecule has 0 spiro atoms. The molecule has 78 valence electrons. The normalized spacial score (nSPS) is 41.1. The van der Waals surface area contributed by atoms with Crippen LogP contribution < -0.4 is 0 Å². The number of halogens is 1. The maximum atomic E-state index is 13.3. The van der Waals surface area contributed by atoms with Gasteiger partial charge in [-0.15, -0.1) is 0 Å².